The number of methoxy groups -OCH3 is 1. The van der Waals surface area contributed by atoms with Crippen LogP contribution >= 0.6 is 0 Å². The number of para-hydroxylation sites is 2. The van der Waals surface area contributed by atoms with Crippen molar-refractivity contribution in [1.29, 1.82) is 0 Å². The van der Waals surface area contributed by atoms with Crippen LogP contribution in [0.15, 0.2) is 42.5 Å². The standard InChI is InChI=1S/C21H24N2O5/c1-13-8-7-9-14(2)19(13)23-20(25)15(3)28-18(24)12-22-21(26)16-10-5-6-11-17(16)27-4/h5-11,15H,12H2,1-4H3,(H,22,26)(H,23,25)/t15-/m1/s1. The molecule has 148 valence electrons. The molecule has 0 saturated carbocycles. The molecule has 2 rings (SSSR count). The van der Waals surface area contributed by atoms with E-state index in [1.807, 2.05) is 32.0 Å². The van der Waals surface area contributed by atoms with Gasteiger partial charge in [0.15, 0.2) is 6.10 Å². The highest BCUT2D eigenvalue weighted by Crippen LogP contribution is 2.20. The van der Waals surface area contributed by atoms with E-state index in [4.69, 9.17) is 9.47 Å². The Morgan fingerprint density at radius 3 is 2.29 bits per heavy atom. The van der Waals surface area contributed by atoms with Crippen LogP contribution in [0.5, 0.6) is 5.75 Å². The maximum Gasteiger partial charge on any atom is 0.326 e. The molecule has 0 aliphatic heterocycles. The molecular weight excluding hydrogens is 360 g/mol. The van der Waals surface area contributed by atoms with Crippen molar-refractivity contribution in [2.45, 2.75) is 26.9 Å². The normalized spacial score (nSPS) is 11.3. The van der Waals surface area contributed by atoms with Gasteiger partial charge >= 0.3 is 5.97 Å². The topological polar surface area (TPSA) is 93.7 Å². The SMILES string of the molecule is COc1ccccc1C(=O)NCC(=O)O[C@H](C)C(=O)Nc1c(C)cccc1C. The van der Waals surface area contributed by atoms with Gasteiger partial charge in [-0.05, 0) is 44.0 Å². The van der Waals surface area contributed by atoms with E-state index in [0.29, 0.717) is 17.0 Å². The van der Waals surface area contributed by atoms with Crippen LogP contribution in [0.2, 0.25) is 0 Å². The van der Waals surface area contributed by atoms with E-state index in [2.05, 4.69) is 10.6 Å². The highest BCUT2D eigenvalue weighted by molar-refractivity contribution is 5.99. The van der Waals surface area contributed by atoms with Crippen LogP contribution in [0.1, 0.15) is 28.4 Å². The van der Waals surface area contributed by atoms with Gasteiger partial charge in [0, 0.05) is 5.69 Å². The fourth-order valence-corrected chi connectivity index (χ4v) is 2.61. The molecular formula is C21H24N2O5. The molecule has 7 heteroatoms. The average molecular weight is 384 g/mol. The number of hydrogen-bond donors (Lipinski definition) is 2. The second kappa shape index (κ2) is 9.55. The van der Waals surface area contributed by atoms with Gasteiger partial charge in [-0.25, -0.2) is 0 Å². The van der Waals surface area contributed by atoms with Crippen LogP contribution in [0.25, 0.3) is 0 Å². The molecule has 0 aliphatic carbocycles. The van der Waals surface area contributed by atoms with Crippen molar-refractivity contribution in [2.75, 3.05) is 19.0 Å². The number of esters is 1. The van der Waals surface area contributed by atoms with Gasteiger partial charge in [0.25, 0.3) is 11.8 Å². The zero-order valence-electron chi connectivity index (χ0n) is 16.4. The fraction of sp³-hybridized carbons (Fsp3) is 0.286. The third-order valence-electron chi connectivity index (χ3n) is 4.15. The number of aryl methyl sites for hydroxylation is 2. The Labute approximate surface area is 164 Å². The van der Waals surface area contributed by atoms with E-state index in [9.17, 15) is 14.4 Å². The van der Waals surface area contributed by atoms with Gasteiger partial charge in [-0.2, -0.15) is 0 Å². The molecule has 0 aliphatic rings. The van der Waals surface area contributed by atoms with Crippen LogP contribution < -0.4 is 15.4 Å². The van der Waals surface area contributed by atoms with Crippen molar-refractivity contribution in [3.8, 4) is 5.75 Å². The Balaban J connectivity index is 1.88. The van der Waals surface area contributed by atoms with Crippen LogP contribution in [0.4, 0.5) is 5.69 Å². The number of amides is 2. The Kier molecular flexibility index (Phi) is 7.14. The predicted molar refractivity (Wildman–Crippen MR) is 105 cm³/mol. The summed E-state index contributed by atoms with van der Waals surface area (Å²) in [5, 5.41) is 5.23. The van der Waals surface area contributed by atoms with E-state index >= 15 is 0 Å². The molecule has 0 saturated heterocycles. The summed E-state index contributed by atoms with van der Waals surface area (Å²) in [6, 6.07) is 12.3. The molecule has 0 bridgehead atoms. The number of nitrogens with one attached hydrogen (secondary N) is 2. The summed E-state index contributed by atoms with van der Waals surface area (Å²) in [5.41, 5.74) is 2.82. The summed E-state index contributed by atoms with van der Waals surface area (Å²) in [7, 11) is 1.46. The molecule has 0 fully saturated rings. The van der Waals surface area contributed by atoms with Gasteiger partial charge in [-0.15, -0.1) is 0 Å². The highest BCUT2D eigenvalue weighted by Gasteiger charge is 2.20. The number of hydrogen-bond acceptors (Lipinski definition) is 5. The zero-order chi connectivity index (χ0) is 20.7. The average Bonchev–Trinajstić information content (AvgIpc) is 2.68. The molecule has 0 unspecified atom stereocenters. The summed E-state index contributed by atoms with van der Waals surface area (Å²) >= 11 is 0. The van der Waals surface area contributed by atoms with Crippen LogP contribution in [-0.2, 0) is 14.3 Å². The first-order valence-electron chi connectivity index (χ1n) is 8.81. The van der Waals surface area contributed by atoms with Gasteiger partial charge in [-0.1, -0.05) is 30.3 Å². The minimum absolute atomic E-state index is 0.304. The highest BCUT2D eigenvalue weighted by atomic mass is 16.5. The first kappa shape index (κ1) is 21.0. The van der Waals surface area contributed by atoms with E-state index in [1.165, 1.54) is 14.0 Å². The fourth-order valence-electron chi connectivity index (χ4n) is 2.61. The number of anilines is 1. The summed E-state index contributed by atoms with van der Waals surface area (Å²) in [4.78, 5) is 36.5. The van der Waals surface area contributed by atoms with Crippen molar-refractivity contribution in [2.24, 2.45) is 0 Å². The van der Waals surface area contributed by atoms with Crippen molar-refractivity contribution in [3.63, 3.8) is 0 Å². The lowest BCUT2D eigenvalue weighted by molar-refractivity contribution is -0.152. The Bertz CT molecular complexity index is 859. The summed E-state index contributed by atoms with van der Waals surface area (Å²) in [6.45, 7) is 4.88. The number of carbonyl (C=O) groups excluding carboxylic acids is 3. The Morgan fingerprint density at radius 2 is 1.64 bits per heavy atom. The molecule has 28 heavy (non-hydrogen) atoms. The predicted octanol–water partition coefficient (Wildman–Crippen LogP) is 2.61. The first-order valence-corrected chi connectivity index (χ1v) is 8.81. The Hall–Kier alpha value is -3.35. The summed E-state index contributed by atoms with van der Waals surface area (Å²) < 4.78 is 10.2. The van der Waals surface area contributed by atoms with E-state index in [0.717, 1.165) is 11.1 Å². The zero-order valence-corrected chi connectivity index (χ0v) is 16.4. The van der Waals surface area contributed by atoms with Gasteiger partial charge in [0.2, 0.25) is 0 Å². The first-order chi connectivity index (χ1) is 13.3. The lowest BCUT2D eigenvalue weighted by atomic mass is 10.1. The monoisotopic (exact) mass is 384 g/mol. The minimum atomic E-state index is -1.00. The molecule has 7 nitrogen and oxygen atoms in total. The van der Waals surface area contributed by atoms with E-state index < -0.39 is 23.9 Å². The molecule has 2 N–H and O–H groups in total. The lowest BCUT2D eigenvalue weighted by Crippen LogP contribution is -2.36. The number of benzene rings is 2. The van der Waals surface area contributed by atoms with E-state index in [-0.39, 0.29) is 6.54 Å². The van der Waals surface area contributed by atoms with Gasteiger partial charge in [0.05, 0.1) is 12.7 Å². The summed E-state index contributed by atoms with van der Waals surface area (Å²) in [5.74, 6) is -1.23. The molecule has 0 aromatic heterocycles. The minimum Gasteiger partial charge on any atom is -0.496 e. The molecule has 2 aromatic rings. The van der Waals surface area contributed by atoms with Crippen molar-refractivity contribution in [3.05, 3.63) is 59.2 Å². The van der Waals surface area contributed by atoms with E-state index in [1.54, 1.807) is 24.3 Å². The molecule has 0 heterocycles. The smallest absolute Gasteiger partial charge is 0.326 e. The van der Waals surface area contributed by atoms with Gasteiger partial charge in [-0.3, -0.25) is 14.4 Å². The van der Waals surface area contributed by atoms with Gasteiger partial charge in [0.1, 0.15) is 12.3 Å². The number of rotatable bonds is 7. The lowest BCUT2D eigenvalue weighted by Gasteiger charge is -2.16. The van der Waals surface area contributed by atoms with Crippen LogP contribution in [0.3, 0.4) is 0 Å². The Morgan fingerprint density at radius 1 is 1.00 bits per heavy atom. The number of carbonyl (C=O) groups is 3. The van der Waals surface area contributed by atoms with Crippen LogP contribution in [-0.4, -0.2) is 37.5 Å². The third kappa shape index (κ3) is 5.33. The van der Waals surface area contributed by atoms with Crippen molar-refractivity contribution in [1.82, 2.24) is 5.32 Å². The van der Waals surface area contributed by atoms with Crippen molar-refractivity contribution < 1.29 is 23.9 Å². The second-order valence-corrected chi connectivity index (χ2v) is 6.27. The maximum atomic E-state index is 12.3. The maximum absolute atomic E-state index is 12.3. The molecule has 1 atom stereocenters. The molecule has 2 aromatic carbocycles. The van der Waals surface area contributed by atoms with Gasteiger partial charge < -0.3 is 20.1 Å². The van der Waals surface area contributed by atoms with Crippen molar-refractivity contribution >= 4 is 23.5 Å². The quantitative estimate of drug-likeness (QED) is 0.716. The number of ether oxygens (including phenoxy) is 2. The third-order valence-corrected chi connectivity index (χ3v) is 4.15. The second-order valence-electron chi connectivity index (χ2n) is 6.27. The molecule has 2 amide bonds. The summed E-state index contributed by atoms with van der Waals surface area (Å²) in [6.07, 6.45) is -1.00. The largest absolute Gasteiger partial charge is 0.496 e. The molecule has 0 spiro atoms. The van der Waals surface area contributed by atoms with Crippen LogP contribution in [0, 0.1) is 13.8 Å². The molecule has 0 radical (unpaired) electrons.